The van der Waals surface area contributed by atoms with Crippen LogP contribution in [0.25, 0.3) is 5.52 Å². The fourth-order valence-electron chi connectivity index (χ4n) is 5.12. The van der Waals surface area contributed by atoms with Gasteiger partial charge in [-0.15, -0.1) is 0 Å². The number of piperidine rings is 1. The van der Waals surface area contributed by atoms with Crippen molar-refractivity contribution in [1.29, 1.82) is 0 Å². The third kappa shape index (κ3) is 4.06. The fourth-order valence-corrected chi connectivity index (χ4v) is 6.89. The van der Waals surface area contributed by atoms with Gasteiger partial charge in [0.05, 0.1) is 22.2 Å². The second-order valence-electron chi connectivity index (χ2n) is 8.99. The van der Waals surface area contributed by atoms with Crippen LogP contribution in [0.4, 0.5) is 0 Å². The molecule has 2 aromatic heterocycles. The maximum absolute atomic E-state index is 13.3. The molecule has 174 valence electrons. The van der Waals surface area contributed by atoms with Gasteiger partial charge in [-0.25, -0.2) is 12.9 Å². The molecule has 4 heterocycles. The summed E-state index contributed by atoms with van der Waals surface area (Å²) in [6, 6.07) is 11.4. The minimum Gasteiger partial charge on any atom is -0.339 e. The van der Waals surface area contributed by atoms with Gasteiger partial charge in [0.2, 0.25) is 10.0 Å². The monoisotopic (exact) mass is 466 g/mol. The van der Waals surface area contributed by atoms with Gasteiger partial charge in [-0.2, -0.15) is 9.40 Å². The molecular formula is C25H30N4O3S. The number of hydrogen-bond acceptors (Lipinski definition) is 4. The van der Waals surface area contributed by atoms with Crippen LogP contribution in [0.1, 0.15) is 60.0 Å². The second kappa shape index (κ2) is 8.91. The summed E-state index contributed by atoms with van der Waals surface area (Å²) < 4.78 is 29.9. The normalized spacial score (nSPS) is 18.3. The number of likely N-dealkylation sites (tertiary alicyclic amines) is 1. The van der Waals surface area contributed by atoms with E-state index in [9.17, 15) is 13.2 Å². The Morgan fingerprint density at radius 1 is 1.06 bits per heavy atom. The predicted molar refractivity (Wildman–Crippen MR) is 127 cm³/mol. The predicted octanol–water partition coefficient (Wildman–Crippen LogP) is 3.70. The molecule has 5 rings (SSSR count). The second-order valence-corrected chi connectivity index (χ2v) is 10.9. The molecule has 0 spiro atoms. The molecule has 0 unspecified atom stereocenters. The number of hydrogen-bond donors (Lipinski definition) is 0. The number of sulfonamides is 1. The smallest absolute Gasteiger partial charge is 0.257 e. The van der Waals surface area contributed by atoms with Crippen LogP contribution in [0, 0.1) is 0 Å². The third-order valence-electron chi connectivity index (χ3n) is 7.07. The summed E-state index contributed by atoms with van der Waals surface area (Å²) in [7, 11) is -3.49. The number of carbonyl (C=O) groups is 1. The molecule has 3 aromatic rings. The Hall–Kier alpha value is -2.71. The Morgan fingerprint density at radius 2 is 1.79 bits per heavy atom. The van der Waals surface area contributed by atoms with E-state index < -0.39 is 10.0 Å². The van der Waals surface area contributed by atoms with Crippen LogP contribution in [-0.2, 0) is 16.4 Å². The van der Waals surface area contributed by atoms with Gasteiger partial charge in [-0.05, 0) is 67.3 Å². The van der Waals surface area contributed by atoms with Gasteiger partial charge < -0.3 is 4.90 Å². The van der Waals surface area contributed by atoms with Crippen LogP contribution in [-0.4, -0.2) is 59.3 Å². The molecular weight excluding hydrogens is 436 g/mol. The topological polar surface area (TPSA) is 75.0 Å². The minimum atomic E-state index is -3.49. The number of carbonyl (C=O) groups excluding carboxylic acids is 1. The van der Waals surface area contributed by atoms with Crippen molar-refractivity contribution in [2.24, 2.45) is 0 Å². The number of pyridine rings is 1. The van der Waals surface area contributed by atoms with Crippen molar-refractivity contribution in [2.45, 2.75) is 49.8 Å². The van der Waals surface area contributed by atoms with Gasteiger partial charge in [-0.3, -0.25) is 4.79 Å². The highest BCUT2D eigenvalue weighted by atomic mass is 32.2. The van der Waals surface area contributed by atoms with Crippen LogP contribution in [0.5, 0.6) is 0 Å². The lowest BCUT2D eigenvalue weighted by atomic mass is 9.90. The van der Waals surface area contributed by atoms with Crippen LogP contribution in [0.2, 0.25) is 0 Å². The van der Waals surface area contributed by atoms with Gasteiger partial charge in [0.15, 0.2) is 0 Å². The Morgan fingerprint density at radius 3 is 2.52 bits per heavy atom. The summed E-state index contributed by atoms with van der Waals surface area (Å²) in [4.78, 5) is 15.3. The molecule has 2 fully saturated rings. The molecule has 1 aromatic carbocycles. The van der Waals surface area contributed by atoms with E-state index in [1.807, 2.05) is 36.2 Å². The zero-order valence-electron chi connectivity index (χ0n) is 19.0. The van der Waals surface area contributed by atoms with Crippen molar-refractivity contribution < 1.29 is 13.2 Å². The molecule has 2 aliphatic rings. The Bertz CT molecular complexity index is 1270. The Kier molecular flexibility index (Phi) is 5.97. The zero-order chi connectivity index (χ0) is 23.0. The van der Waals surface area contributed by atoms with Crippen LogP contribution in [0.15, 0.2) is 53.7 Å². The van der Waals surface area contributed by atoms with Crippen molar-refractivity contribution >= 4 is 21.4 Å². The van der Waals surface area contributed by atoms with Crippen LogP contribution < -0.4 is 0 Å². The largest absolute Gasteiger partial charge is 0.339 e. The number of rotatable bonds is 5. The lowest BCUT2D eigenvalue weighted by Crippen LogP contribution is -2.38. The standard InChI is InChI=1S/C25H30N4O3S/c1-2-19-7-3-4-8-24(19)33(31,32)28-14-9-20(10-15-28)21-11-16-29-23(17-21)22(18-26-29)25(30)27-12-5-6-13-27/h3-4,7-8,11,16-18,20H,2,5-6,9-10,12-15H2,1H3. The molecule has 0 saturated carbocycles. The van der Waals surface area contributed by atoms with E-state index in [-0.39, 0.29) is 11.8 Å². The summed E-state index contributed by atoms with van der Waals surface area (Å²) in [5.74, 6) is 0.308. The highest BCUT2D eigenvalue weighted by Crippen LogP contribution is 2.32. The quantitative estimate of drug-likeness (QED) is 0.575. The summed E-state index contributed by atoms with van der Waals surface area (Å²) in [5.41, 5.74) is 3.48. The average molecular weight is 467 g/mol. The van der Waals surface area contributed by atoms with Gasteiger partial charge in [-0.1, -0.05) is 25.1 Å². The average Bonchev–Trinajstić information content (AvgIpc) is 3.54. The van der Waals surface area contributed by atoms with E-state index in [1.54, 1.807) is 27.2 Å². The van der Waals surface area contributed by atoms with Crippen molar-refractivity contribution in [3.05, 3.63) is 65.5 Å². The van der Waals surface area contributed by atoms with Crippen molar-refractivity contribution in [3.63, 3.8) is 0 Å². The fraction of sp³-hybridized carbons (Fsp3) is 0.440. The minimum absolute atomic E-state index is 0.0511. The first kappa shape index (κ1) is 22.1. The van der Waals surface area contributed by atoms with Crippen LogP contribution >= 0.6 is 0 Å². The van der Waals surface area contributed by atoms with E-state index in [2.05, 4.69) is 11.2 Å². The summed E-state index contributed by atoms with van der Waals surface area (Å²) in [6.45, 7) is 4.59. The van der Waals surface area contributed by atoms with Crippen molar-refractivity contribution in [2.75, 3.05) is 26.2 Å². The Labute approximate surface area is 195 Å². The van der Waals surface area contributed by atoms with Crippen molar-refractivity contribution in [3.8, 4) is 0 Å². The van der Waals surface area contributed by atoms with Crippen LogP contribution in [0.3, 0.4) is 0 Å². The number of amides is 1. The van der Waals surface area contributed by atoms with E-state index in [0.717, 1.165) is 55.4 Å². The summed E-state index contributed by atoms with van der Waals surface area (Å²) in [5, 5.41) is 4.37. The number of aromatic nitrogens is 2. The highest BCUT2D eigenvalue weighted by Gasteiger charge is 2.31. The highest BCUT2D eigenvalue weighted by molar-refractivity contribution is 7.89. The van der Waals surface area contributed by atoms with Gasteiger partial charge in [0.1, 0.15) is 0 Å². The van der Waals surface area contributed by atoms with E-state index in [4.69, 9.17) is 0 Å². The molecule has 2 saturated heterocycles. The van der Waals surface area contributed by atoms with Gasteiger partial charge in [0, 0.05) is 32.4 Å². The molecule has 2 aliphatic heterocycles. The molecule has 33 heavy (non-hydrogen) atoms. The molecule has 8 heteroatoms. The molecule has 0 N–H and O–H groups in total. The number of nitrogens with zero attached hydrogens (tertiary/aromatic N) is 4. The Balaban J connectivity index is 1.34. The summed E-state index contributed by atoms with van der Waals surface area (Å²) in [6.07, 6.45) is 7.89. The van der Waals surface area contributed by atoms with Crippen molar-refractivity contribution in [1.82, 2.24) is 18.8 Å². The molecule has 0 atom stereocenters. The van der Waals surface area contributed by atoms with E-state index in [1.165, 1.54) is 0 Å². The third-order valence-corrected chi connectivity index (χ3v) is 9.06. The number of aryl methyl sites for hydroxylation is 1. The maximum Gasteiger partial charge on any atom is 0.257 e. The lowest BCUT2D eigenvalue weighted by Gasteiger charge is -2.32. The van der Waals surface area contributed by atoms with E-state index in [0.29, 0.717) is 30.0 Å². The van der Waals surface area contributed by atoms with E-state index >= 15 is 0 Å². The molecule has 0 radical (unpaired) electrons. The molecule has 7 nitrogen and oxygen atoms in total. The zero-order valence-corrected chi connectivity index (χ0v) is 19.8. The number of benzene rings is 1. The van der Waals surface area contributed by atoms with Gasteiger partial charge in [0.25, 0.3) is 5.91 Å². The number of fused-ring (bicyclic) bond motifs is 1. The lowest BCUT2D eigenvalue weighted by molar-refractivity contribution is 0.0794. The first-order valence-corrected chi connectivity index (χ1v) is 13.3. The molecule has 0 bridgehead atoms. The summed E-state index contributed by atoms with van der Waals surface area (Å²) >= 11 is 0. The SMILES string of the molecule is CCc1ccccc1S(=O)(=O)N1CCC(c2ccn3ncc(C(=O)N4CCCC4)c3c2)CC1. The maximum atomic E-state index is 13.3. The van der Waals surface area contributed by atoms with Gasteiger partial charge >= 0.3 is 0 Å². The first-order valence-electron chi connectivity index (χ1n) is 11.8. The molecule has 1 amide bonds. The molecule has 0 aliphatic carbocycles. The first-order chi connectivity index (χ1) is 16.0.